The predicted octanol–water partition coefficient (Wildman–Crippen LogP) is 3.13. The average molecular weight is 226 g/mol. The number of hydrogen-bond acceptors (Lipinski definition) is 2. The van der Waals surface area contributed by atoms with Gasteiger partial charge in [0.2, 0.25) is 0 Å². The molecular weight excluding hydrogens is 200 g/mol. The van der Waals surface area contributed by atoms with Crippen molar-refractivity contribution in [3.05, 3.63) is 0 Å². The van der Waals surface area contributed by atoms with Gasteiger partial charge in [0, 0.05) is 7.11 Å². The molecule has 2 heteroatoms. The fourth-order valence-corrected chi connectivity index (χ4v) is 3.55. The smallest absolute Gasteiger partial charge is 0.0574 e. The summed E-state index contributed by atoms with van der Waals surface area (Å²) in [7, 11) is 1.82. The highest BCUT2D eigenvalue weighted by Crippen LogP contribution is 2.34. The van der Waals surface area contributed by atoms with Crippen molar-refractivity contribution in [1.29, 1.82) is 0 Å². The zero-order valence-corrected chi connectivity index (χ0v) is 10.5. The van der Waals surface area contributed by atoms with E-state index in [2.05, 4.69) is 0 Å². The molecule has 3 atom stereocenters. The van der Waals surface area contributed by atoms with Gasteiger partial charge in [-0.15, -0.1) is 0 Å². The Morgan fingerprint density at radius 3 is 2.56 bits per heavy atom. The third-order valence-electron chi connectivity index (χ3n) is 4.59. The van der Waals surface area contributed by atoms with E-state index in [1.54, 1.807) is 0 Å². The van der Waals surface area contributed by atoms with Crippen molar-refractivity contribution in [2.75, 3.05) is 7.11 Å². The summed E-state index contributed by atoms with van der Waals surface area (Å²) in [5.41, 5.74) is 0. The largest absolute Gasteiger partial charge is 0.393 e. The van der Waals surface area contributed by atoms with Crippen LogP contribution in [0.5, 0.6) is 0 Å². The Labute approximate surface area is 99.4 Å². The second kappa shape index (κ2) is 6.02. The molecule has 0 radical (unpaired) electrons. The molecule has 3 unspecified atom stereocenters. The lowest BCUT2D eigenvalue weighted by atomic mass is 9.81. The van der Waals surface area contributed by atoms with Crippen LogP contribution in [0.25, 0.3) is 0 Å². The first-order chi connectivity index (χ1) is 7.79. The van der Waals surface area contributed by atoms with Crippen molar-refractivity contribution in [2.45, 2.75) is 70.0 Å². The second-order valence-corrected chi connectivity index (χ2v) is 5.74. The van der Waals surface area contributed by atoms with Crippen molar-refractivity contribution < 1.29 is 9.84 Å². The number of hydrogen-bond donors (Lipinski definition) is 1. The van der Waals surface area contributed by atoms with E-state index in [4.69, 9.17) is 4.74 Å². The Morgan fingerprint density at radius 1 is 1.12 bits per heavy atom. The monoisotopic (exact) mass is 226 g/mol. The molecule has 0 bridgehead atoms. The zero-order chi connectivity index (χ0) is 11.4. The van der Waals surface area contributed by atoms with Crippen LogP contribution in [0.15, 0.2) is 0 Å². The second-order valence-electron chi connectivity index (χ2n) is 5.74. The minimum atomic E-state index is -0.0388. The van der Waals surface area contributed by atoms with E-state index in [0.29, 0.717) is 17.9 Å². The Balaban J connectivity index is 1.75. The summed E-state index contributed by atoms with van der Waals surface area (Å²) in [4.78, 5) is 0. The molecule has 0 saturated heterocycles. The molecule has 1 N–H and O–H groups in total. The molecular formula is C14H26O2. The Morgan fingerprint density at radius 2 is 1.88 bits per heavy atom. The number of ether oxygens (including phenoxy) is 1. The van der Waals surface area contributed by atoms with E-state index >= 15 is 0 Å². The lowest BCUT2D eigenvalue weighted by Crippen LogP contribution is -2.27. The van der Waals surface area contributed by atoms with Crippen molar-refractivity contribution in [3.8, 4) is 0 Å². The molecule has 0 aliphatic heterocycles. The molecule has 2 aliphatic rings. The van der Waals surface area contributed by atoms with Gasteiger partial charge in [0.25, 0.3) is 0 Å². The SMILES string of the molecule is COC1CCCC(CC(O)C2CCCC2)C1. The summed E-state index contributed by atoms with van der Waals surface area (Å²) in [6, 6.07) is 0. The summed E-state index contributed by atoms with van der Waals surface area (Å²) < 4.78 is 5.45. The lowest BCUT2D eigenvalue weighted by molar-refractivity contribution is 0.0244. The van der Waals surface area contributed by atoms with E-state index in [-0.39, 0.29) is 6.10 Å². The van der Waals surface area contributed by atoms with Crippen molar-refractivity contribution in [2.24, 2.45) is 11.8 Å². The van der Waals surface area contributed by atoms with E-state index in [1.165, 1.54) is 51.4 Å². The van der Waals surface area contributed by atoms with Crippen LogP contribution < -0.4 is 0 Å². The highest BCUT2D eigenvalue weighted by Gasteiger charge is 2.28. The minimum absolute atomic E-state index is 0.0388. The van der Waals surface area contributed by atoms with E-state index in [9.17, 15) is 5.11 Å². The molecule has 0 amide bonds. The van der Waals surface area contributed by atoms with Crippen LogP contribution in [0, 0.1) is 11.8 Å². The molecule has 2 saturated carbocycles. The lowest BCUT2D eigenvalue weighted by Gasteiger charge is -2.31. The molecule has 0 aromatic rings. The quantitative estimate of drug-likeness (QED) is 0.798. The number of aliphatic hydroxyl groups is 1. The molecule has 0 spiro atoms. The van der Waals surface area contributed by atoms with Gasteiger partial charge in [0.1, 0.15) is 0 Å². The highest BCUT2D eigenvalue weighted by molar-refractivity contribution is 4.80. The van der Waals surface area contributed by atoms with Gasteiger partial charge in [0.15, 0.2) is 0 Å². The average Bonchev–Trinajstić information content (AvgIpc) is 2.83. The number of rotatable bonds is 4. The topological polar surface area (TPSA) is 29.5 Å². The Bertz CT molecular complexity index is 199. The molecule has 16 heavy (non-hydrogen) atoms. The van der Waals surface area contributed by atoms with Crippen molar-refractivity contribution in [3.63, 3.8) is 0 Å². The predicted molar refractivity (Wildman–Crippen MR) is 65.3 cm³/mol. The first kappa shape index (κ1) is 12.4. The zero-order valence-electron chi connectivity index (χ0n) is 10.5. The van der Waals surface area contributed by atoms with Gasteiger partial charge < -0.3 is 9.84 Å². The van der Waals surface area contributed by atoms with Crippen molar-refractivity contribution in [1.82, 2.24) is 0 Å². The molecule has 2 fully saturated rings. The van der Waals surface area contributed by atoms with E-state index < -0.39 is 0 Å². The first-order valence-electron chi connectivity index (χ1n) is 7.00. The Kier molecular flexibility index (Phi) is 4.66. The van der Waals surface area contributed by atoms with Crippen LogP contribution in [-0.2, 0) is 4.74 Å². The maximum absolute atomic E-state index is 10.2. The summed E-state index contributed by atoms with van der Waals surface area (Å²) in [5, 5.41) is 10.2. The molecule has 2 aliphatic carbocycles. The van der Waals surface area contributed by atoms with Crippen LogP contribution in [0.4, 0.5) is 0 Å². The van der Waals surface area contributed by atoms with Gasteiger partial charge in [-0.2, -0.15) is 0 Å². The molecule has 0 aromatic carbocycles. The minimum Gasteiger partial charge on any atom is -0.393 e. The van der Waals surface area contributed by atoms with Gasteiger partial charge in [-0.1, -0.05) is 25.7 Å². The van der Waals surface area contributed by atoms with E-state index in [0.717, 1.165) is 6.42 Å². The summed E-state index contributed by atoms with van der Waals surface area (Å²) in [6.07, 6.45) is 11.5. The van der Waals surface area contributed by atoms with Gasteiger partial charge in [-0.25, -0.2) is 0 Å². The molecule has 2 rings (SSSR count). The number of aliphatic hydroxyl groups excluding tert-OH is 1. The maximum Gasteiger partial charge on any atom is 0.0574 e. The van der Waals surface area contributed by atoms with Gasteiger partial charge in [-0.3, -0.25) is 0 Å². The van der Waals surface area contributed by atoms with Gasteiger partial charge >= 0.3 is 0 Å². The number of methoxy groups -OCH3 is 1. The van der Waals surface area contributed by atoms with Crippen LogP contribution in [0.1, 0.15) is 57.8 Å². The van der Waals surface area contributed by atoms with Crippen LogP contribution in [-0.4, -0.2) is 24.4 Å². The standard InChI is InChI=1S/C14H26O2/c1-16-13-8-4-5-11(9-13)10-14(15)12-6-2-3-7-12/h11-15H,2-10H2,1H3. The van der Waals surface area contributed by atoms with Gasteiger partial charge in [-0.05, 0) is 43.9 Å². The third kappa shape index (κ3) is 3.21. The van der Waals surface area contributed by atoms with Crippen LogP contribution in [0.3, 0.4) is 0 Å². The Hall–Kier alpha value is -0.0800. The fourth-order valence-electron chi connectivity index (χ4n) is 3.55. The van der Waals surface area contributed by atoms with Crippen molar-refractivity contribution >= 4 is 0 Å². The summed E-state index contributed by atoms with van der Waals surface area (Å²) >= 11 is 0. The molecule has 0 aromatic heterocycles. The third-order valence-corrected chi connectivity index (χ3v) is 4.59. The highest BCUT2D eigenvalue weighted by atomic mass is 16.5. The summed E-state index contributed by atoms with van der Waals surface area (Å²) in [6.45, 7) is 0. The maximum atomic E-state index is 10.2. The van der Waals surface area contributed by atoms with Gasteiger partial charge in [0.05, 0.1) is 12.2 Å². The van der Waals surface area contributed by atoms with Crippen LogP contribution >= 0.6 is 0 Å². The summed E-state index contributed by atoms with van der Waals surface area (Å²) in [5.74, 6) is 1.30. The van der Waals surface area contributed by atoms with Crippen LogP contribution in [0.2, 0.25) is 0 Å². The normalized spacial score (nSPS) is 34.1. The fraction of sp³-hybridized carbons (Fsp3) is 1.00. The first-order valence-corrected chi connectivity index (χ1v) is 7.00. The molecule has 94 valence electrons. The molecule has 0 heterocycles. The molecule has 2 nitrogen and oxygen atoms in total. The van der Waals surface area contributed by atoms with E-state index in [1.807, 2.05) is 7.11 Å².